The van der Waals surface area contributed by atoms with Crippen molar-refractivity contribution in [3.05, 3.63) is 0 Å². The summed E-state index contributed by atoms with van der Waals surface area (Å²) in [5.74, 6) is 5.62. The fourth-order valence-electron chi connectivity index (χ4n) is 1.40. The molecule has 2 N–H and O–H groups in total. The lowest BCUT2D eigenvalue weighted by molar-refractivity contribution is -0.334. The zero-order valence-corrected chi connectivity index (χ0v) is 6.38. The van der Waals surface area contributed by atoms with Crippen molar-refractivity contribution in [2.24, 2.45) is 11.8 Å². The average molecular weight is 145 g/mol. The van der Waals surface area contributed by atoms with Gasteiger partial charge in [-0.1, -0.05) is 6.92 Å². The fraction of sp³-hybridized carbons (Fsp3) is 1.00. The molecule has 3 heteroatoms. The van der Waals surface area contributed by atoms with Crippen LogP contribution < -0.4 is 5.90 Å². The molecule has 1 saturated carbocycles. The fourth-order valence-corrected chi connectivity index (χ4v) is 1.40. The molecular weight excluding hydrogens is 130 g/mol. The Kier molecular flexibility index (Phi) is 3.12. The van der Waals surface area contributed by atoms with Crippen LogP contribution in [0.3, 0.4) is 0 Å². The molecule has 1 aliphatic rings. The molecule has 0 atom stereocenters. The van der Waals surface area contributed by atoms with Gasteiger partial charge >= 0.3 is 0 Å². The van der Waals surface area contributed by atoms with E-state index in [0.29, 0.717) is 0 Å². The first kappa shape index (κ1) is 7.98. The number of nitrogens with two attached hydrogens (primary N) is 1. The topological polar surface area (TPSA) is 44.5 Å². The molecule has 0 radical (unpaired) electrons. The Labute approximate surface area is 61.4 Å². The zero-order valence-electron chi connectivity index (χ0n) is 6.38. The molecule has 1 rings (SSSR count). The minimum Gasteiger partial charge on any atom is -0.215 e. The van der Waals surface area contributed by atoms with Gasteiger partial charge in [0.05, 0.1) is 6.10 Å². The van der Waals surface area contributed by atoms with E-state index >= 15 is 0 Å². The monoisotopic (exact) mass is 145 g/mol. The van der Waals surface area contributed by atoms with E-state index in [1.54, 1.807) is 0 Å². The van der Waals surface area contributed by atoms with Crippen molar-refractivity contribution in [1.29, 1.82) is 0 Å². The predicted octanol–water partition coefficient (Wildman–Crippen LogP) is 1.39. The number of rotatable bonds is 2. The zero-order chi connectivity index (χ0) is 7.40. The molecule has 0 saturated heterocycles. The number of hydrogen-bond acceptors (Lipinski definition) is 3. The van der Waals surface area contributed by atoms with E-state index in [2.05, 4.69) is 11.9 Å². The maximum Gasteiger partial charge on any atom is 0.0950 e. The van der Waals surface area contributed by atoms with Gasteiger partial charge in [-0.25, -0.2) is 4.89 Å². The van der Waals surface area contributed by atoms with Crippen LogP contribution in [0.15, 0.2) is 0 Å². The van der Waals surface area contributed by atoms with Gasteiger partial charge in [-0.2, -0.15) is 5.90 Å². The van der Waals surface area contributed by atoms with Gasteiger partial charge in [0.25, 0.3) is 0 Å². The first-order valence-corrected chi connectivity index (χ1v) is 3.85. The maximum atomic E-state index is 4.81. The van der Waals surface area contributed by atoms with Crippen LogP contribution in [0, 0.1) is 5.92 Å². The summed E-state index contributed by atoms with van der Waals surface area (Å²) in [6.45, 7) is 2.26. The Bertz CT molecular complexity index is 89.6. The maximum absolute atomic E-state index is 4.81. The summed E-state index contributed by atoms with van der Waals surface area (Å²) in [4.78, 5) is 8.93. The molecule has 10 heavy (non-hydrogen) atoms. The largest absolute Gasteiger partial charge is 0.215 e. The number of hydrogen-bond donors (Lipinski definition) is 1. The lowest BCUT2D eigenvalue weighted by Crippen LogP contribution is -2.21. The molecule has 1 fully saturated rings. The van der Waals surface area contributed by atoms with Crippen LogP contribution in [0.5, 0.6) is 0 Å². The van der Waals surface area contributed by atoms with Gasteiger partial charge in [0, 0.05) is 0 Å². The van der Waals surface area contributed by atoms with Crippen LogP contribution >= 0.6 is 0 Å². The third-order valence-electron chi connectivity index (χ3n) is 2.15. The first-order valence-electron chi connectivity index (χ1n) is 3.85. The Hall–Kier alpha value is -0.120. The molecule has 0 aromatic carbocycles. The molecule has 0 aliphatic heterocycles. The van der Waals surface area contributed by atoms with Crippen LogP contribution in [0.2, 0.25) is 0 Å². The smallest absolute Gasteiger partial charge is 0.0950 e. The van der Waals surface area contributed by atoms with Gasteiger partial charge in [-0.3, -0.25) is 0 Å². The Morgan fingerprint density at radius 1 is 1.20 bits per heavy atom. The molecule has 0 unspecified atom stereocenters. The van der Waals surface area contributed by atoms with Crippen LogP contribution in [-0.2, 0) is 9.88 Å². The highest BCUT2D eigenvalue weighted by molar-refractivity contribution is 4.68. The van der Waals surface area contributed by atoms with E-state index in [1.165, 1.54) is 12.8 Å². The highest BCUT2D eigenvalue weighted by Gasteiger charge is 2.18. The standard InChI is InChI=1S/C7H15NO2/c1-6-2-4-7(5-3-6)9-10-8/h6-7H,2-5,8H2,1H3. The van der Waals surface area contributed by atoms with E-state index in [4.69, 9.17) is 10.8 Å². The van der Waals surface area contributed by atoms with E-state index in [-0.39, 0.29) is 6.10 Å². The summed E-state index contributed by atoms with van der Waals surface area (Å²) in [5.41, 5.74) is 0. The summed E-state index contributed by atoms with van der Waals surface area (Å²) in [6, 6.07) is 0. The Morgan fingerprint density at radius 2 is 1.80 bits per heavy atom. The lowest BCUT2D eigenvalue weighted by Gasteiger charge is -2.23. The van der Waals surface area contributed by atoms with Crippen molar-refractivity contribution in [2.45, 2.75) is 38.7 Å². The third kappa shape index (κ3) is 2.25. The highest BCUT2D eigenvalue weighted by atomic mass is 17.3. The van der Waals surface area contributed by atoms with Crippen molar-refractivity contribution in [3.63, 3.8) is 0 Å². The van der Waals surface area contributed by atoms with Gasteiger partial charge in [-0.05, 0) is 31.6 Å². The molecule has 3 nitrogen and oxygen atoms in total. The summed E-state index contributed by atoms with van der Waals surface area (Å²) in [7, 11) is 0. The lowest BCUT2D eigenvalue weighted by atomic mass is 9.89. The molecular formula is C7H15NO2. The molecule has 60 valence electrons. The van der Waals surface area contributed by atoms with E-state index in [1.807, 2.05) is 0 Å². The summed E-state index contributed by atoms with van der Waals surface area (Å²) in [5, 5.41) is 0. The van der Waals surface area contributed by atoms with Crippen molar-refractivity contribution >= 4 is 0 Å². The second-order valence-corrected chi connectivity index (χ2v) is 3.07. The quantitative estimate of drug-likeness (QED) is 0.471. The van der Waals surface area contributed by atoms with E-state index in [0.717, 1.165) is 18.8 Å². The second-order valence-electron chi connectivity index (χ2n) is 3.07. The summed E-state index contributed by atoms with van der Waals surface area (Å²) in [6.07, 6.45) is 4.86. The van der Waals surface area contributed by atoms with Gasteiger partial charge in [0.2, 0.25) is 0 Å². The van der Waals surface area contributed by atoms with Crippen molar-refractivity contribution in [1.82, 2.24) is 0 Å². The highest BCUT2D eigenvalue weighted by Crippen LogP contribution is 2.25. The van der Waals surface area contributed by atoms with E-state index < -0.39 is 0 Å². The van der Waals surface area contributed by atoms with E-state index in [9.17, 15) is 0 Å². The summed E-state index contributed by atoms with van der Waals surface area (Å²) >= 11 is 0. The van der Waals surface area contributed by atoms with Gasteiger partial charge in [0.1, 0.15) is 0 Å². The molecule has 0 aromatic heterocycles. The third-order valence-corrected chi connectivity index (χ3v) is 2.15. The predicted molar refractivity (Wildman–Crippen MR) is 37.8 cm³/mol. The van der Waals surface area contributed by atoms with Gasteiger partial charge < -0.3 is 0 Å². The molecule has 0 amide bonds. The minimum absolute atomic E-state index is 0.237. The average Bonchev–Trinajstić information content (AvgIpc) is 1.95. The molecule has 0 bridgehead atoms. The van der Waals surface area contributed by atoms with Crippen LogP contribution in [-0.4, -0.2) is 6.10 Å². The summed E-state index contributed by atoms with van der Waals surface area (Å²) < 4.78 is 0. The van der Waals surface area contributed by atoms with Crippen molar-refractivity contribution < 1.29 is 9.88 Å². The van der Waals surface area contributed by atoms with Crippen molar-refractivity contribution in [3.8, 4) is 0 Å². The van der Waals surface area contributed by atoms with Gasteiger partial charge in [0.15, 0.2) is 0 Å². The van der Waals surface area contributed by atoms with Crippen LogP contribution in [0.4, 0.5) is 0 Å². The van der Waals surface area contributed by atoms with Gasteiger partial charge in [-0.15, -0.1) is 4.99 Å². The molecule has 0 heterocycles. The Balaban J connectivity index is 2.13. The van der Waals surface area contributed by atoms with Crippen LogP contribution in [0.25, 0.3) is 0 Å². The van der Waals surface area contributed by atoms with Crippen molar-refractivity contribution in [2.75, 3.05) is 0 Å². The first-order chi connectivity index (χ1) is 4.83. The Morgan fingerprint density at radius 3 is 2.30 bits per heavy atom. The molecule has 1 aliphatic carbocycles. The normalized spacial score (nSPS) is 34.2. The second kappa shape index (κ2) is 3.91. The van der Waals surface area contributed by atoms with Crippen LogP contribution in [0.1, 0.15) is 32.6 Å². The minimum atomic E-state index is 0.237. The molecule has 0 aromatic rings. The SMILES string of the molecule is CC1CCC(OON)CC1. The molecule has 0 spiro atoms.